The summed E-state index contributed by atoms with van der Waals surface area (Å²) in [5.41, 5.74) is 18.2. The number of rotatable bonds is 9. The normalized spacial score (nSPS) is 11.4. The maximum Gasteiger partial charge on any atom is 0.164 e. The highest BCUT2D eigenvalue weighted by Gasteiger charge is 2.24. The fourth-order valence-corrected chi connectivity index (χ4v) is 11.0. The lowest BCUT2D eigenvalue weighted by atomic mass is 9.92. The van der Waals surface area contributed by atoms with Gasteiger partial charge in [0.05, 0.1) is 39.4 Å². The first-order valence-corrected chi connectivity index (χ1v) is 25.5. The average molecular weight is 969 g/mol. The van der Waals surface area contributed by atoms with Gasteiger partial charge in [-0.1, -0.05) is 188 Å². The molecule has 0 atom stereocenters. The lowest BCUT2D eigenvalue weighted by Gasteiger charge is -2.20. The van der Waals surface area contributed by atoms with Gasteiger partial charge in [-0.25, -0.2) is 15.0 Å². The topological polar surface area (TPSA) is 72.3 Å². The van der Waals surface area contributed by atoms with E-state index >= 15 is 0 Å². The van der Waals surface area contributed by atoms with Crippen LogP contribution in [0.5, 0.6) is 0 Å². The van der Waals surface area contributed by atoms with Crippen LogP contribution >= 0.6 is 0 Å². The Morgan fingerprint density at radius 1 is 0.276 bits per heavy atom. The third-order valence-corrected chi connectivity index (χ3v) is 14.6. The van der Waals surface area contributed by atoms with Crippen LogP contribution in [0, 0.1) is 11.3 Å². The Morgan fingerprint density at radius 3 is 1.25 bits per heavy atom. The second-order valence-corrected chi connectivity index (χ2v) is 19.1. The fraction of sp³-hybridized carbons (Fsp3) is 0. The van der Waals surface area contributed by atoms with Gasteiger partial charge in [0.1, 0.15) is 0 Å². The van der Waals surface area contributed by atoms with E-state index in [9.17, 15) is 5.26 Å². The van der Waals surface area contributed by atoms with E-state index in [2.05, 4.69) is 197 Å². The zero-order valence-electron chi connectivity index (χ0n) is 41.1. The molecule has 0 aliphatic rings. The predicted octanol–water partition coefficient (Wildman–Crippen LogP) is 17.6. The maximum absolute atomic E-state index is 9.84. The van der Waals surface area contributed by atoms with Crippen LogP contribution in [0.15, 0.2) is 267 Å². The third kappa shape index (κ3) is 7.70. The Labute approximate surface area is 439 Å². The summed E-state index contributed by atoms with van der Waals surface area (Å²) < 4.78 is 4.80. The Bertz CT molecular complexity index is 4500. The molecule has 0 amide bonds. The van der Waals surface area contributed by atoms with Gasteiger partial charge in [-0.3, -0.25) is 0 Å². The first-order valence-electron chi connectivity index (χ1n) is 25.5. The van der Waals surface area contributed by atoms with Gasteiger partial charge in [-0.15, -0.1) is 0 Å². The Morgan fingerprint density at radius 2 is 0.697 bits per heavy atom. The molecule has 0 fully saturated rings. The van der Waals surface area contributed by atoms with Crippen LogP contribution in [0.4, 0.5) is 0 Å². The lowest BCUT2D eigenvalue weighted by Crippen LogP contribution is -2.04. The zero-order chi connectivity index (χ0) is 50.5. The van der Waals surface area contributed by atoms with E-state index in [1.165, 1.54) is 21.9 Å². The van der Waals surface area contributed by atoms with E-state index in [-0.39, 0.29) is 0 Å². The first kappa shape index (κ1) is 44.2. The number of nitriles is 1. The molecular formula is C70H44N6. The van der Waals surface area contributed by atoms with Crippen molar-refractivity contribution >= 4 is 43.6 Å². The zero-order valence-corrected chi connectivity index (χ0v) is 41.1. The second-order valence-electron chi connectivity index (χ2n) is 19.1. The van der Waals surface area contributed by atoms with Crippen molar-refractivity contribution in [2.45, 2.75) is 0 Å². The van der Waals surface area contributed by atoms with Crippen LogP contribution in [-0.4, -0.2) is 24.1 Å². The molecule has 0 unspecified atom stereocenters. The van der Waals surface area contributed by atoms with E-state index in [0.717, 1.165) is 94.3 Å². The minimum atomic E-state index is 0.549. The highest BCUT2D eigenvalue weighted by atomic mass is 15.0. The molecule has 0 bridgehead atoms. The van der Waals surface area contributed by atoms with Gasteiger partial charge >= 0.3 is 0 Å². The van der Waals surface area contributed by atoms with Gasteiger partial charge in [0.25, 0.3) is 0 Å². The summed E-state index contributed by atoms with van der Waals surface area (Å²) in [4.78, 5) is 15.9. The lowest BCUT2D eigenvalue weighted by molar-refractivity contribution is 1.07. The van der Waals surface area contributed by atoms with E-state index < -0.39 is 0 Å². The van der Waals surface area contributed by atoms with E-state index in [1.807, 2.05) is 84.9 Å². The number of benzene rings is 11. The summed E-state index contributed by atoms with van der Waals surface area (Å²) in [6.45, 7) is 0. The van der Waals surface area contributed by atoms with E-state index in [1.54, 1.807) is 0 Å². The molecule has 0 spiro atoms. The molecule has 0 N–H and O–H groups in total. The average Bonchev–Trinajstić information content (AvgIpc) is 4.10. The van der Waals surface area contributed by atoms with Crippen molar-refractivity contribution in [3.05, 3.63) is 272 Å². The SMILES string of the molecule is N#Cc1ccc(-c2ccc(-n3c4ccccc4c4cc(-c5ccccc5)ccc43)c(-c3cc(-n4c5ccccc5c5cc(-c6ccccc6)ccc54)ccc3-c3nc(-c4ccccc4)nc(-c4ccccc4)n3)c2)cc1. The molecule has 0 saturated heterocycles. The van der Waals surface area contributed by atoms with Crippen molar-refractivity contribution in [3.8, 4) is 96.1 Å². The summed E-state index contributed by atoms with van der Waals surface area (Å²) in [6.07, 6.45) is 0. The molecule has 14 rings (SSSR count). The molecule has 11 aromatic carbocycles. The van der Waals surface area contributed by atoms with Crippen LogP contribution in [-0.2, 0) is 0 Å². The van der Waals surface area contributed by atoms with Gasteiger partial charge in [-0.2, -0.15) is 5.26 Å². The molecule has 0 saturated carbocycles. The second kappa shape index (κ2) is 18.5. The van der Waals surface area contributed by atoms with Crippen LogP contribution < -0.4 is 0 Å². The minimum Gasteiger partial charge on any atom is -0.309 e. The molecule has 14 aromatic rings. The predicted molar refractivity (Wildman–Crippen MR) is 311 cm³/mol. The standard InChI is InChI=1S/C70H44N6/c71-45-46-29-31-49(32-30-46)54-35-40-67(76-64-28-16-14-26-57(64)61-42-53(34-39-66(61)76)48-19-7-2-8-20-48)62(43-54)59-44-55(75-63-27-15-13-25-56(63)60-41-52(33-38-65(60)75)47-17-5-1-6-18-47)36-37-58(59)70-73-68(50-21-9-3-10-22-50)72-69(74-70)51-23-11-4-12-24-51/h1-44H. The van der Waals surface area contributed by atoms with E-state index in [0.29, 0.717) is 23.0 Å². The minimum absolute atomic E-state index is 0.549. The molecule has 6 heteroatoms. The highest BCUT2D eigenvalue weighted by Crippen LogP contribution is 2.44. The van der Waals surface area contributed by atoms with Crippen LogP contribution in [0.3, 0.4) is 0 Å². The van der Waals surface area contributed by atoms with Crippen molar-refractivity contribution in [3.63, 3.8) is 0 Å². The quantitative estimate of drug-likeness (QED) is 0.144. The number of para-hydroxylation sites is 2. The van der Waals surface area contributed by atoms with Crippen molar-refractivity contribution in [1.82, 2.24) is 24.1 Å². The number of aromatic nitrogens is 5. The molecule has 3 aromatic heterocycles. The number of hydrogen-bond donors (Lipinski definition) is 0. The van der Waals surface area contributed by atoms with Gasteiger partial charge in [0.2, 0.25) is 0 Å². The summed E-state index contributed by atoms with van der Waals surface area (Å²) in [5, 5.41) is 14.5. The largest absolute Gasteiger partial charge is 0.309 e. The summed E-state index contributed by atoms with van der Waals surface area (Å²) in [6, 6.07) is 96.1. The monoisotopic (exact) mass is 968 g/mol. The van der Waals surface area contributed by atoms with Crippen LogP contribution in [0.2, 0.25) is 0 Å². The summed E-state index contributed by atoms with van der Waals surface area (Å²) in [7, 11) is 0. The Kier molecular flexibility index (Phi) is 10.8. The fourth-order valence-electron chi connectivity index (χ4n) is 11.0. The smallest absolute Gasteiger partial charge is 0.164 e. The number of nitrogens with zero attached hydrogens (tertiary/aromatic N) is 6. The third-order valence-electron chi connectivity index (χ3n) is 14.6. The van der Waals surface area contributed by atoms with Crippen molar-refractivity contribution < 1.29 is 0 Å². The molecule has 0 aliphatic heterocycles. The molecule has 354 valence electrons. The molecule has 76 heavy (non-hydrogen) atoms. The summed E-state index contributed by atoms with van der Waals surface area (Å²) >= 11 is 0. The highest BCUT2D eigenvalue weighted by molar-refractivity contribution is 6.12. The van der Waals surface area contributed by atoms with Gasteiger partial charge in [0.15, 0.2) is 17.5 Å². The van der Waals surface area contributed by atoms with Crippen molar-refractivity contribution in [1.29, 1.82) is 5.26 Å². The van der Waals surface area contributed by atoms with Gasteiger partial charge in [0, 0.05) is 49.5 Å². The Hall–Kier alpha value is -10.5. The van der Waals surface area contributed by atoms with Gasteiger partial charge in [-0.05, 0) is 118 Å². The van der Waals surface area contributed by atoms with E-state index in [4.69, 9.17) is 15.0 Å². The maximum atomic E-state index is 9.84. The number of fused-ring (bicyclic) bond motifs is 6. The summed E-state index contributed by atoms with van der Waals surface area (Å²) in [5.74, 6) is 1.71. The van der Waals surface area contributed by atoms with Crippen molar-refractivity contribution in [2.24, 2.45) is 0 Å². The number of hydrogen-bond acceptors (Lipinski definition) is 4. The van der Waals surface area contributed by atoms with Crippen molar-refractivity contribution in [2.75, 3.05) is 0 Å². The molecule has 0 radical (unpaired) electrons. The molecule has 3 heterocycles. The molecular weight excluding hydrogens is 925 g/mol. The first-order chi connectivity index (χ1) is 37.6. The molecule has 0 aliphatic carbocycles. The molecule has 6 nitrogen and oxygen atoms in total. The van der Waals surface area contributed by atoms with Crippen LogP contribution in [0.25, 0.3) is 134 Å². The Balaban J connectivity index is 1.09. The van der Waals surface area contributed by atoms with Gasteiger partial charge < -0.3 is 9.13 Å². The van der Waals surface area contributed by atoms with Crippen LogP contribution in [0.1, 0.15) is 5.56 Å².